The summed E-state index contributed by atoms with van der Waals surface area (Å²) >= 11 is 0. The molecule has 0 aliphatic carbocycles. The zero-order valence-electron chi connectivity index (χ0n) is 9.43. The molecule has 2 aliphatic heterocycles. The molecule has 0 atom stereocenters. The minimum Gasteiger partial charge on any atom is -0.298 e. The number of carbonyl (C=O) groups excluding carboxylic acids is 1. The molecule has 0 saturated carbocycles. The van der Waals surface area contributed by atoms with Crippen LogP contribution in [0.15, 0.2) is 24.3 Å². The SMILES string of the molecule is O=Cc1ccccc1CN1C2CCC1CC2. The van der Waals surface area contributed by atoms with Gasteiger partial charge < -0.3 is 0 Å². The Labute approximate surface area is 96.3 Å². The van der Waals surface area contributed by atoms with Gasteiger partial charge in [0.05, 0.1) is 0 Å². The van der Waals surface area contributed by atoms with Crippen LogP contribution in [0.1, 0.15) is 41.6 Å². The number of aldehydes is 1. The summed E-state index contributed by atoms with van der Waals surface area (Å²) in [6.07, 6.45) is 6.40. The molecule has 2 bridgehead atoms. The summed E-state index contributed by atoms with van der Waals surface area (Å²) < 4.78 is 0. The van der Waals surface area contributed by atoms with Gasteiger partial charge in [-0.05, 0) is 31.2 Å². The zero-order valence-corrected chi connectivity index (χ0v) is 9.43. The molecule has 3 rings (SSSR count). The second-order valence-corrected chi connectivity index (χ2v) is 4.95. The maximum absolute atomic E-state index is 11.0. The smallest absolute Gasteiger partial charge is 0.150 e. The number of nitrogens with zero attached hydrogens (tertiary/aromatic N) is 1. The molecule has 0 unspecified atom stereocenters. The van der Waals surface area contributed by atoms with Gasteiger partial charge in [-0.3, -0.25) is 9.69 Å². The Morgan fingerprint density at radius 2 is 1.75 bits per heavy atom. The van der Waals surface area contributed by atoms with Crippen molar-refractivity contribution in [1.29, 1.82) is 0 Å². The van der Waals surface area contributed by atoms with E-state index in [1.165, 1.54) is 31.2 Å². The summed E-state index contributed by atoms with van der Waals surface area (Å²) in [6, 6.07) is 9.53. The molecule has 16 heavy (non-hydrogen) atoms. The van der Waals surface area contributed by atoms with Crippen molar-refractivity contribution < 1.29 is 4.79 Å². The highest BCUT2D eigenvalue weighted by atomic mass is 16.1. The molecule has 2 aliphatic rings. The summed E-state index contributed by atoms with van der Waals surface area (Å²) in [5.74, 6) is 0. The predicted octanol–water partition coefficient (Wildman–Crippen LogP) is 2.63. The molecule has 1 aromatic rings. The fourth-order valence-electron chi connectivity index (χ4n) is 3.27. The van der Waals surface area contributed by atoms with Crippen molar-refractivity contribution in [3.8, 4) is 0 Å². The minimum absolute atomic E-state index is 0.782. The Bertz CT molecular complexity index is 381. The Morgan fingerprint density at radius 1 is 1.12 bits per heavy atom. The van der Waals surface area contributed by atoms with E-state index in [4.69, 9.17) is 0 Å². The maximum atomic E-state index is 11.0. The van der Waals surface area contributed by atoms with Gasteiger partial charge in [-0.15, -0.1) is 0 Å². The van der Waals surface area contributed by atoms with Gasteiger partial charge in [0.15, 0.2) is 0 Å². The van der Waals surface area contributed by atoms with Crippen LogP contribution in [0.4, 0.5) is 0 Å². The molecule has 2 heteroatoms. The molecule has 0 amide bonds. The lowest BCUT2D eigenvalue weighted by atomic mass is 10.0. The number of benzene rings is 1. The Morgan fingerprint density at radius 3 is 2.38 bits per heavy atom. The monoisotopic (exact) mass is 215 g/mol. The van der Waals surface area contributed by atoms with Crippen LogP contribution in [0.25, 0.3) is 0 Å². The van der Waals surface area contributed by atoms with Gasteiger partial charge in [0.2, 0.25) is 0 Å². The summed E-state index contributed by atoms with van der Waals surface area (Å²) in [5, 5.41) is 0. The molecular weight excluding hydrogens is 198 g/mol. The topological polar surface area (TPSA) is 20.3 Å². The largest absolute Gasteiger partial charge is 0.298 e. The van der Waals surface area contributed by atoms with Crippen molar-refractivity contribution in [3.63, 3.8) is 0 Å². The fraction of sp³-hybridized carbons (Fsp3) is 0.500. The van der Waals surface area contributed by atoms with Gasteiger partial charge in [-0.2, -0.15) is 0 Å². The van der Waals surface area contributed by atoms with Gasteiger partial charge in [0.1, 0.15) is 6.29 Å². The fourth-order valence-corrected chi connectivity index (χ4v) is 3.27. The van der Waals surface area contributed by atoms with Crippen LogP contribution >= 0.6 is 0 Å². The van der Waals surface area contributed by atoms with Gasteiger partial charge in [-0.25, -0.2) is 0 Å². The molecular formula is C14H17NO. The van der Waals surface area contributed by atoms with Crippen LogP contribution in [0.3, 0.4) is 0 Å². The average molecular weight is 215 g/mol. The van der Waals surface area contributed by atoms with E-state index in [9.17, 15) is 4.79 Å². The van der Waals surface area contributed by atoms with Crippen LogP contribution in [0.5, 0.6) is 0 Å². The molecule has 0 N–H and O–H groups in total. The summed E-state index contributed by atoms with van der Waals surface area (Å²) in [7, 11) is 0. The molecule has 2 saturated heterocycles. The van der Waals surface area contributed by atoms with Gasteiger partial charge in [-0.1, -0.05) is 24.3 Å². The third-order valence-electron chi connectivity index (χ3n) is 4.14. The average Bonchev–Trinajstić information content (AvgIpc) is 2.90. The van der Waals surface area contributed by atoms with Crippen molar-refractivity contribution in [2.75, 3.05) is 0 Å². The molecule has 0 radical (unpaired) electrons. The van der Waals surface area contributed by atoms with Gasteiger partial charge in [0.25, 0.3) is 0 Å². The van der Waals surface area contributed by atoms with Gasteiger partial charge >= 0.3 is 0 Å². The number of fused-ring (bicyclic) bond motifs is 2. The van der Waals surface area contributed by atoms with E-state index in [0.29, 0.717) is 0 Å². The quantitative estimate of drug-likeness (QED) is 0.722. The lowest BCUT2D eigenvalue weighted by Crippen LogP contribution is -2.28. The van der Waals surface area contributed by atoms with E-state index in [0.717, 1.165) is 30.5 Å². The highest BCUT2D eigenvalue weighted by Gasteiger charge is 2.38. The Balaban J connectivity index is 1.81. The van der Waals surface area contributed by atoms with E-state index >= 15 is 0 Å². The molecule has 0 spiro atoms. The maximum Gasteiger partial charge on any atom is 0.150 e. The standard InChI is InChI=1S/C14H17NO/c16-10-12-4-2-1-3-11(12)9-15-13-5-6-14(15)8-7-13/h1-4,10,13-14H,5-9H2. The molecule has 2 nitrogen and oxygen atoms in total. The summed E-state index contributed by atoms with van der Waals surface area (Å²) in [4.78, 5) is 13.6. The van der Waals surface area contributed by atoms with Crippen LogP contribution in [0.2, 0.25) is 0 Å². The second-order valence-electron chi connectivity index (χ2n) is 4.95. The number of hydrogen-bond acceptors (Lipinski definition) is 2. The van der Waals surface area contributed by atoms with E-state index in [1.807, 2.05) is 18.2 Å². The second kappa shape index (κ2) is 4.02. The summed E-state index contributed by atoms with van der Waals surface area (Å²) in [5.41, 5.74) is 2.05. The van der Waals surface area contributed by atoms with E-state index in [-0.39, 0.29) is 0 Å². The minimum atomic E-state index is 0.782. The van der Waals surface area contributed by atoms with Crippen LogP contribution < -0.4 is 0 Å². The Kier molecular flexibility index (Phi) is 2.52. The third kappa shape index (κ3) is 1.57. The predicted molar refractivity (Wildman–Crippen MR) is 63.4 cm³/mol. The molecule has 2 fully saturated rings. The van der Waals surface area contributed by atoms with E-state index in [1.54, 1.807) is 0 Å². The van der Waals surface area contributed by atoms with Crippen LogP contribution in [-0.2, 0) is 6.54 Å². The number of carbonyl (C=O) groups is 1. The third-order valence-corrected chi connectivity index (χ3v) is 4.14. The number of rotatable bonds is 3. The first-order chi connectivity index (χ1) is 7.88. The normalized spacial score (nSPS) is 28.5. The van der Waals surface area contributed by atoms with Crippen molar-refractivity contribution >= 4 is 6.29 Å². The van der Waals surface area contributed by atoms with Crippen molar-refractivity contribution in [3.05, 3.63) is 35.4 Å². The lowest BCUT2D eigenvalue weighted by molar-refractivity contribution is 0.112. The highest BCUT2D eigenvalue weighted by molar-refractivity contribution is 5.77. The number of hydrogen-bond donors (Lipinski definition) is 0. The summed E-state index contributed by atoms with van der Waals surface area (Å²) in [6.45, 7) is 0.963. The van der Waals surface area contributed by atoms with E-state index in [2.05, 4.69) is 11.0 Å². The molecule has 84 valence electrons. The van der Waals surface area contributed by atoms with Gasteiger partial charge in [0, 0.05) is 24.2 Å². The van der Waals surface area contributed by atoms with Crippen LogP contribution in [-0.4, -0.2) is 23.3 Å². The first-order valence-electron chi connectivity index (χ1n) is 6.17. The first-order valence-corrected chi connectivity index (χ1v) is 6.17. The van der Waals surface area contributed by atoms with Crippen LogP contribution in [0, 0.1) is 0 Å². The van der Waals surface area contributed by atoms with Crippen molar-refractivity contribution in [2.45, 2.75) is 44.3 Å². The molecule has 0 aromatic heterocycles. The van der Waals surface area contributed by atoms with Crippen molar-refractivity contribution in [1.82, 2.24) is 4.90 Å². The van der Waals surface area contributed by atoms with E-state index < -0.39 is 0 Å². The zero-order chi connectivity index (χ0) is 11.0. The Hall–Kier alpha value is -1.15. The van der Waals surface area contributed by atoms with Crippen molar-refractivity contribution in [2.24, 2.45) is 0 Å². The highest BCUT2D eigenvalue weighted by Crippen LogP contribution is 2.38. The molecule has 1 aromatic carbocycles. The molecule has 2 heterocycles. The first kappa shape index (κ1) is 10.0. The lowest BCUT2D eigenvalue weighted by Gasteiger charge is -2.22.